The van der Waals surface area contributed by atoms with Crippen molar-refractivity contribution in [2.24, 2.45) is 0 Å². The number of amides is 1. The van der Waals surface area contributed by atoms with Gasteiger partial charge >= 0.3 is 13.2 Å². The van der Waals surface area contributed by atoms with E-state index in [9.17, 15) is 4.79 Å². The van der Waals surface area contributed by atoms with E-state index < -0.39 is 24.4 Å². The number of alkyl carbamates (subject to hydrolysis) is 1. The van der Waals surface area contributed by atoms with E-state index in [2.05, 4.69) is 34.6 Å². The van der Waals surface area contributed by atoms with Crippen LogP contribution in [-0.2, 0) is 14.0 Å². The molecule has 0 unspecified atom stereocenters. The number of carbonyl (C=O) groups excluding carboxylic acids is 1. The number of ether oxygens (including phenoxy) is 2. The molecule has 0 atom stereocenters. The zero-order valence-electron chi connectivity index (χ0n) is 23.2. The summed E-state index contributed by atoms with van der Waals surface area (Å²) in [6, 6.07) is 20.3. The van der Waals surface area contributed by atoms with Gasteiger partial charge in [-0.25, -0.2) is 9.78 Å². The Bertz CT molecular complexity index is 1310. The molecule has 7 nitrogen and oxygen atoms in total. The van der Waals surface area contributed by atoms with Crippen LogP contribution < -0.4 is 10.1 Å². The number of carbonyl (C=O) groups is 1. The fourth-order valence-corrected chi connectivity index (χ4v) is 4.94. The van der Waals surface area contributed by atoms with E-state index in [1.807, 2.05) is 77.1 Å². The number of rotatable bonds is 8. The van der Waals surface area contributed by atoms with Crippen LogP contribution in [0.1, 0.15) is 57.2 Å². The van der Waals surface area contributed by atoms with Crippen LogP contribution in [-0.4, -0.2) is 49.2 Å². The summed E-state index contributed by atoms with van der Waals surface area (Å²) in [7, 11) is -0.629. The SMILES string of the molecule is CCOc1ccc(C=C(CNC(=O)OCC2c3ccccc3-c3ccccc32)B2OC(C)(C)C(C)(C)O2)cn1. The first-order valence-electron chi connectivity index (χ1n) is 13.4. The largest absolute Gasteiger partial charge is 0.492 e. The van der Waals surface area contributed by atoms with Gasteiger partial charge in [-0.05, 0) is 74.0 Å². The van der Waals surface area contributed by atoms with Crippen LogP contribution in [0.25, 0.3) is 17.2 Å². The molecule has 1 amide bonds. The van der Waals surface area contributed by atoms with Gasteiger partial charge in [0, 0.05) is 24.7 Å². The second-order valence-corrected chi connectivity index (χ2v) is 10.8. The molecule has 1 aromatic heterocycles. The Morgan fingerprint density at radius 1 is 0.974 bits per heavy atom. The molecule has 39 heavy (non-hydrogen) atoms. The first-order valence-corrected chi connectivity index (χ1v) is 13.4. The summed E-state index contributed by atoms with van der Waals surface area (Å²) in [5, 5.41) is 2.90. The quantitative estimate of drug-likeness (QED) is 0.361. The Kier molecular flexibility index (Phi) is 7.52. The third-order valence-electron chi connectivity index (χ3n) is 7.74. The second-order valence-electron chi connectivity index (χ2n) is 10.8. The Balaban J connectivity index is 1.29. The van der Waals surface area contributed by atoms with Crippen molar-refractivity contribution in [2.75, 3.05) is 19.8 Å². The summed E-state index contributed by atoms with van der Waals surface area (Å²) in [5.74, 6) is 0.555. The molecule has 3 aromatic rings. The summed E-state index contributed by atoms with van der Waals surface area (Å²) >= 11 is 0. The highest BCUT2D eigenvalue weighted by Gasteiger charge is 2.52. The van der Waals surface area contributed by atoms with E-state index in [4.69, 9.17) is 18.8 Å². The number of hydrogen-bond donors (Lipinski definition) is 1. The molecule has 0 radical (unpaired) electrons. The first kappa shape index (κ1) is 27.0. The summed E-state index contributed by atoms with van der Waals surface area (Å²) in [6.45, 7) is 10.9. The normalized spacial score (nSPS) is 17.5. The highest BCUT2D eigenvalue weighted by atomic mass is 16.7. The average Bonchev–Trinajstić information content (AvgIpc) is 3.35. The van der Waals surface area contributed by atoms with Gasteiger partial charge in [0.05, 0.1) is 17.8 Å². The number of pyridine rings is 1. The molecular formula is C31H35BN2O5. The van der Waals surface area contributed by atoms with Crippen LogP contribution in [0.15, 0.2) is 72.3 Å². The molecule has 202 valence electrons. The van der Waals surface area contributed by atoms with E-state index in [1.54, 1.807) is 6.20 Å². The number of nitrogens with zero attached hydrogens (tertiary/aromatic N) is 1. The van der Waals surface area contributed by atoms with Crippen LogP contribution in [0.5, 0.6) is 5.88 Å². The molecule has 1 saturated heterocycles. The van der Waals surface area contributed by atoms with Crippen molar-refractivity contribution in [3.8, 4) is 17.0 Å². The monoisotopic (exact) mass is 526 g/mol. The number of hydrogen-bond acceptors (Lipinski definition) is 6. The minimum absolute atomic E-state index is 0.00353. The minimum Gasteiger partial charge on any atom is -0.478 e. The molecule has 1 fully saturated rings. The van der Waals surface area contributed by atoms with Crippen molar-refractivity contribution in [1.29, 1.82) is 0 Å². The highest BCUT2D eigenvalue weighted by Crippen LogP contribution is 2.44. The Morgan fingerprint density at radius 3 is 2.15 bits per heavy atom. The molecule has 2 aromatic carbocycles. The summed E-state index contributed by atoms with van der Waals surface area (Å²) in [4.78, 5) is 17.2. The van der Waals surface area contributed by atoms with Crippen molar-refractivity contribution in [1.82, 2.24) is 10.3 Å². The third-order valence-corrected chi connectivity index (χ3v) is 7.74. The van der Waals surface area contributed by atoms with Crippen LogP contribution in [0.4, 0.5) is 4.79 Å². The zero-order valence-corrected chi connectivity index (χ0v) is 23.2. The molecular weight excluding hydrogens is 491 g/mol. The van der Waals surface area contributed by atoms with Crippen LogP contribution in [0, 0.1) is 0 Å². The van der Waals surface area contributed by atoms with E-state index >= 15 is 0 Å². The third kappa shape index (κ3) is 5.58. The molecule has 1 N–H and O–H groups in total. The Labute approximate surface area is 230 Å². The van der Waals surface area contributed by atoms with E-state index in [1.165, 1.54) is 22.3 Å². The minimum atomic E-state index is -0.629. The zero-order chi connectivity index (χ0) is 27.6. The standard InChI is InChI=1S/C31H35BN2O5/c1-6-36-28-16-15-21(18-33-28)17-22(32-38-30(2,3)31(4,5)39-32)19-34-29(35)37-20-27-25-13-9-7-11-23(25)24-12-8-10-14-26(24)27/h7-18,27H,6,19-20H2,1-5H3,(H,34,35). The smallest absolute Gasteiger partial charge is 0.478 e. The van der Waals surface area contributed by atoms with Crippen LogP contribution in [0.2, 0.25) is 0 Å². The number of benzene rings is 2. The van der Waals surface area contributed by atoms with Gasteiger partial charge in [-0.3, -0.25) is 0 Å². The maximum absolute atomic E-state index is 12.9. The second kappa shape index (κ2) is 10.9. The number of nitrogens with one attached hydrogen (secondary N) is 1. The molecule has 1 aliphatic heterocycles. The van der Waals surface area contributed by atoms with E-state index in [0.29, 0.717) is 12.5 Å². The van der Waals surface area contributed by atoms with Crippen molar-refractivity contribution < 1.29 is 23.6 Å². The predicted molar refractivity (Wildman–Crippen MR) is 153 cm³/mol. The molecule has 2 heterocycles. The van der Waals surface area contributed by atoms with E-state index in [-0.39, 0.29) is 19.1 Å². The predicted octanol–water partition coefficient (Wildman–Crippen LogP) is 6.03. The molecule has 0 saturated carbocycles. The lowest BCUT2D eigenvalue weighted by Gasteiger charge is -2.32. The summed E-state index contributed by atoms with van der Waals surface area (Å²) in [6.07, 6.45) is 3.15. The highest BCUT2D eigenvalue weighted by molar-refractivity contribution is 6.56. The van der Waals surface area contributed by atoms with Crippen molar-refractivity contribution in [3.05, 3.63) is 89.0 Å². The average molecular weight is 526 g/mol. The maximum atomic E-state index is 12.9. The molecule has 0 spiro atoms. The first-order chi connectivity index (χ1) is 18.7. The van der Waals surface area contributed by atoms with Crippen molar-refractivity contribution >= 4 is 19.3 Å². The number of fused-ring (bicyclic) bond motifs is 3. The molecule has 1 aliphatic carbocycles. The topological polar surface area (TPSA) is 78.9 Å². The van der Waals surface area contributed by atoms with Gasteiger partial charge in [0.1, 0.15) is 6.61 Å². The van der Waals surface area contributed by atoms with Gasteiger partial charge in [0.15, 0.2) is 0 Å². The van der Waals surface area contributed by atoms with Crippen LogP contribution in [0.3, 0.4) is 0 Å². The van der Waals surface area contributed by atoms with Crippen LogP contribution >= 0.6 is 0 Å². The Morgan fingerprint density at radius 2 is 1.59 bits per heavy atom. The molecule has 5 rings (SSSR count). The summed E-state index contributed by atoms with van der Waals surface area (Å²) in [5.41, 5.74) is 5.30. The molecule has 8 heteroatoms. The fourth-order valence-electron chi connectivity index (χ4n) is 4.94. The lowest BCUT2D eigenvalue weighted by molar-refractivity contribution is 0.00578. The summed E-state index contributed by atoms with van der Waals surface area (Å²) < 4.78 is 23.8. The maximum Gasteiger partial charge on any atom is 0.492 e. The van der Waals surface area contributed by atoms with Gasteiger partial charge < -0.3 is 24.1 Å². The van der Waals surface area contributed by atoms with Gasteiger partial charge in [0.2, 0.25) is 5.88 Å². The van der Waals surface area contributed by atoms with Gasteiger partial charge in [-0.1, -0.05) is 54.6 Å². The lowest BCUT2D eigenvalue weighted by Crippen LogP contribution is -2.41. The van der Waals surface area contributed by atoms with Gasteiger partial charge in [-0.2, -0.15) is 0 Å². The van der Waals surface area contributed by atoms with Gasteiger partial charge in [-0.15, -0.1) is 0 Å². The Hall–Kier alpha value is -3.62. The fraction of sp³-hybridized carbons (Fsp3) is 0.355. The lowest BCUT2D eigenvalue weighted by atomic mass is 9.77. The number of aromatic nitrogens is 1. The molecule has 2 aliphatic rings. The van der Waals surface area contributed by atoms with Crippen molar-refractivity contribution in [2.45, 2.75) is 51.7 Å². The molecule has 0 bridgehead atoms. The van der Waals surface area contributed by atoms with Gasteiger partial charge in [0.25, 0.3) is 0 Å². The van der Waals surface area contributed by atoms with E-state index in [0.717, 1.165) is 11.0 Å². The van der Waals surface area contributed by atoms with Crippen molar-refractivity contribution in [3.63, 3.8) is 0 Å².